The van der Waals surface area contributed by atoms with Crippen LogP contribution in [0.15, 0.2) is 27.1 Å². The first kappa shape index (κ1) is 16.0. The second-order valence-electron chi connectivity index (χ2n) is 4.98. The van der Waals surface area contributed by atoms with Crippen molar-refractivity contribution in [2.45, 2.75) is 20.8 Å². The Kier molecular flexibility index (Phi) is 5.42. The molecule has 2 aromatic rings. The Balaban J connectivity index is 2.07. The number of hydrogen-bond acceptors (Lipinski definition) is 3. The average Bonchev–Trinajstić information content (AvgIpc) is 2.80. The van der Waals surface area contributed by atoms with Crippen molar-refractivity contribution in [2.75, 3.05) is 26.2 Å². The summed E-state index contributed by atoms with van der Waals surface area (Å²) in [4.78, 5) is 14.5. The summed E-state index contributed by atoms with van der Waals surface area (Å²) in [6.45, 7) is 9.61. The number of fused-ring (bicyclic) bond motifs is 1. The maximum atomic E-state index is 12.2. The molecule has 0 saturated heterocycles. The van der Waals surface area contributed by atoms with Gasteiger partial charge in [-0.05, 0) is 38.2 Å². The molecule has 0 spiro atoms. The Morgan fingerprint density at radius 1 is 1.33 bits per heavy atom. The fourth-order valence-corrected chi connectivity index (χ4v) is 2.72. The standard InChI is InChI=1S/C16H21BrN2O2/c1-4-19(5-2)9-8-18-16(20)15-11(3)13-10-12(17)6-7-14(13)21-15/h6-7,10H,4-5,8-9H2,1-3H3,(H,18,20). The average molecular weight is 353 g/mol. The summed E-state index contributed by atoms with van der Waals surface area (Å²) in [6, 6.07) is 5.76. The number of carbonyl (C=O) groups excluding carboxylic acids is 1. The Bertz CT molecular complexity index is 632. The summed E-state index contributed by atoms with van der Waals surface area (Å²) < 4.78 is 6.66. The molecule has 1 N–H and O–H groups in total. The van der Waals surface area contributed by atoms with Crippen molar-refractivity contribution in [3.05, 3.63) is 34.0 Å². The number of carbonyl (C=O) groups is 1. The molecule has 1 aromatic carbocycles. The van der Waals surface area contributed by atoms with Crippen LogP contribution in [0.2, 0.25) is 0 Å². The Morgan fingerprint density at radius 3 is 2.71 bits per heavy atom. The number of aryl methyl sites for hydroxylation is 1. The molecular weight excluding hydrogens is 332 g/mol. The highest BCUT2D eigenvalue weighted by atomic mass is 79.9. The van der Waals surface area contributed by atoms with Gasteiger partial charge < -0.3 is 14.6 Å². The zero-order valence-electron chi connectivity index (χ0n) is 12.7. The fourth-order valence-electron chi connectivity index (χ4n) is 2.36. The van der Waals surface area contributed by atoms with E-state index in [-0.39, 0.29) is 5.91 Å². The number of halogens is 1. The third-order valence-corrected chi connectivity index (χ3v) is 4.21. The van der Waals surface area contributed by atoms with Gasteiger partial charge in [0, 0.05) is 28.5 Å². The molecule has 0 atom stereocenters. The van der Waals surface area contributed by atoms with Crippen LogP contribution in [-0.2, 0) is 0 Å². The van der Waals surface area contributed by atoms with Crippen molar-refractivity contribution in [3.63, 3.8) is 0 Å². The molecule has 0 aliphatic carbocycles. The topological polar surface area (TPSA) is 45.5 Å². The molecule has 5 heteroatoms. The van der Waals surface area contributed by atoms with Crippen molar-refractivity contribution in [3.8, 4) is 0 Å². The largest absolute Gasteiger partial charge is 0.451 e. The summed E-state index contributed by atoms with van der Waals surface area (Å²) in [5, 5.41) is 3.90. The quantitative estimate of drug-likeness (QED) is 0.864. The maximum absolute atomic E-state index is 12.2. The molecule has 0 bridgehead atoms. The Morgan fingerprint density at radius 2 is 2.05 bits per heavy atom. The number of nitrogens with one attached hydrogen (secondary N) is 1. The molecule has 21 heavy (non-hydrogen) atoms. The lowest BCUT2D eigenvalue weighted by molar-refractivity contribution is 0.0922. The summed E-state index contributed by atoms with van der Waals surface area (Å²) in [6.07, 6.45) is 0. The highest BCUT2D eigenvalue weighted by Gasteiger charge is 2.17. The van der Waals surface area contributed by atoms with E-state index in [0.29, 0.717) is 12.3 Å². The number of furan rings is 1. The molecule has 0 unspecified atom stereocenters. The summed E-state index contributed by atoms with van der Waals surface area (Å²) >= 11 is 3.44. The molecule has 114 valence electrons. The molecule has 4 nitrogen and oxygen atoms in total. The number of hydrogen-bond donors (Lipinski definition) is 1. The van der Waals surface area contributed by atoms with Crippen molar-refractivity contribution in [1.82, 2.24) is 10.2 Å². The van der Waals surface area contributed by atoms with Crippen LogP contribution in [0, 0.1) is 6.92 Å². The summed E-state index contributed by atoms with van der Waals surface area (Å²) in [5.74, 6) is 0.259. The summed E-state index contributed by atoms with van der Waals surface area (Å²) in [5.41, 5.74) is 1.62. The first-order valence-electron chi connectivity index (χ1n) is 7.26. The minimum atomic E-state index is -0.146. The predicted molar refractivity (Wildman–Crippen MR) is 88.8 cm³/mol. The minimum absolute atomic E-state index is 0.146. The van der Waals surface area contributed by atoms with Gasteiger partial charge in [0.05, 0.1) is 0 Å². The zero-order chi connectivity index (χ0) is 15.4. The number of benzene rings is 1. The fraction of sp³-hybridized carbons (Fsp3) is 0.438. The van der Waals surface area contributed by atoms with Gasteiger partial charge in [-0.15, -0.1) is 0 Å². The van der Waals surface area contributed by atoms with Crippen LogP contribution in [0.5, 0.6) is 0 Å². The van der Waals surface area contributed by atoms with E-state index in [2.05, 4.69) is 40.0 Å². The molecule has 1 amide bonds. The van der Waals surface area contributed by atoms with Gasteiger partial charge in [-0.2, -0.15) is 0 Å². The monoisotopic (exact) mass is 352 g/mol. The Labute approximate surface area is 133 Å². The second kappa shape index (κ2) is 7.09. The number of likely N-dealkylation sites (N-methyl/N-ethyl adjacent to an activating group) is 1. The lowest BCUT2D eigenvalue weighted by Crippen LogP contribution is -2.34. The van der Waals surface area contributed by atoms with E-state index >= 15 is 0 Å². The molecule has 0 saturated carbocycles. The SMILES string of the molecule is CCN(CC)CCNC(=O)c1oc2ccc(Br)cc2c1C. The van der Waals surface area contributed by atoms with Crippen LogP contribution in [0.3, 0.4) is 0 Å². The van der Waals surface area contributed by atoms with Gasteiger partial charge in [0.1, 0.15) is 5.58 Å². The van der Waals surface area contributed by atoms with Gasteiger partial charge in [-0.1, -0.05) is 29.8 Å². The maximum Gasteiger partial charge on any atom is 0.287 e. The third kappa shape index (κ3) is 3.66. The van der Waals surface area contributed by atoms with E-state index in [0.717, 1.165) is 40.6 Å². The van der Waals surface area contributed by atoms with Crippen molar-refractivity contribution >= 4 is 32.8 Å². The number of rotatable bonds is 6. The van der Waals surface area contributed by atoms with Gasteiger partial charge in [0.2, 0.25) is 0 Å². The highest BCUT2D eigenvalue weighted by Crippen LogP contribution is 2.27. The first-order chi connectivity index (χ1) is 10.1. The second-order valence-corrected chi connectivity index (χ2v) is 5.90. The van der Waals surface area contributed by atoms with Gasteiger partial charge in [0.15, 0.2) is 5.76 Å². The minimum Gasteiger partial charge on any atom is -0.451 e. The molecule has 0 radical (unpaired) electrons. The van der Waals surface area contributed by atoms with Gasteiger partial charge >= 0.3 is 0 Å². The van der Waals surface area contributed by atoms with E-state index in [1.165, 1.54) is 0 Å². The van der Waals surface area contributed by atoms with E-state index in [1.807, 2.05) is 25.1 Å². The number of amides is 1. The molecule has 1 heterocycles. The molecular formula is C16H21BrN2O2. The third-order valence-electron chi connectivity index (χ3n) is 3.71. The Hall–Kier alpha value is -1.33. The molecule has 1 aromatic heterocycles. The zero-order valence-corrected chi connectivity index (χ0v) is 14.3. The van der Waals surface area contributed by atoms with Gasteiger partial charge in [-0.3, -0.25) is 4.79 Å². The van der Waals surface area contributed by atoms with E-state index < -0.39 is 0 Å². The van der Waals surface area contributed by atoms with Crippen LogP contribution >= 0.6 is 15.9 Å². The van der Waals surface area contributed by atoms with Crippen LogP contribution < -0.4 is 5.32 Å². The van der Waals surface area contributed by atoms with Crippen LogP contribution in [-0.4, -0.2) is 37.0 Å². The van der Waals surface area contributed by atoms with E-state index in [4.69, 9.17) is 4.42 Å². The van der Waals surface area contributed by atoms with Crippen LogP contribution in [0.25, 0.3) is 11.0 Å². The van der Waals surface area contributed by atoms with Crippen LogP contribution in [0.1, 0.15) is 30.0 Å². The summed E-state index contributed by atoms with van der Waals surface area (Å²) in [7, 11) is 0. The van der Waals surface area contributed by atoms with E-state index in [9.17, 15) is 4.79 Å². The smallest absolute Gasteiger partial charge is 0.287 e. The van der Waals surface area contributed by atoms with Crippen molar-refractivity contribution in [2.24, 2.45) is 0 Å². The highest BCUT2D eigenvalue weighted by molar-refractivity contribution is 9.10. The van der Waals surface area contributed by atoms with Crippen molar-refractivity contribution < 1.29 is 9.21 Å². The lowest BCUT2D eigenvalue weighted by Gasteiger charge is -2.17. The predicted octanol–water partition coefficient (Wildman–Crippen LogP) is 3.58. The first-order valence-corrected chi connectivity index (χ1v) is 8.05. The molecule has 2 rings (SSSR count). The van der Waals surface area contributed by atoms with Crippen molar-refractivity contribution in [1.29, 1.82) is 0 Å². The molecule has 0 fully saturated rings. The molecule has 0 aliphatic rings. The van der Waals surface area contributed by atoms with Gasteiger partial charge in [-0.25, -0.2) is 0 Å². The normalized spacial score (nSPS) is 11.3. The number of nitrogens with zero attached hydrogens (tertiary/aromatic N) is 1. The van der Waals surface area contributed by atoms with E-state index in [1.54, 1.807) is 0 Å². The van der Waals surface area contributed by atoms with Gasteiger partial charge in [0.25, 0.3) is 5.91 Å². The molecule has 0 aliphatic heterocycles. The van der Waals surface area contributed by atoms with Crippen LogP contribution in [0.4, 0.5) is 0 Å². The lowest BCUT2D eigenvalue weighted by atomic mass is 10.1.